The molecule has 0 unspecified atom stereocenters. The van der Waals surface area contributed by atoms with Crippen molar-refractivity contribution in [3.8, 4) is 0 Å². The van der Waals surface area contributed by atoms with Crippen LogP contribution in [0.25, 0.3) is 0 Å². The van der Waals surface area contributed by atoms with Crippen LogP contribution in [0, 0.1) is 5.82 Å². The molecular weight excluding hydrogens is 309 g/mol. The summed E-state index contributed by atoms with van der Waals surface area (Å²) in [6, 6.07) is 4.20. The van der Waals surface area contributed by atoms with E-state index in [-0.39, 0.29) is 18.0 Å². The lowest BCUT2D eigenvalue weighted by atomic mass is 10.2. The first-order valence-electron chi connectivity index (χ1n) is 5.87. The van der Waals surface area contributed by atoms with Gasteiger partial charge < -0.3 is 4.90 Å². The standard InChI is InChI=1S/C12H13ClFNO4S/c1-20(17,18)19-11-4-5-15(12(11)16)7-8-2-3-9(13)6-10(8)14/h2-3,6,11H,4-5,7H2,1H3/t11-/m0/s1. The van der Waals surface area contributed by atoms with E-state index in [0.29, 0.717) is 12.1 Å². The molecule has 1 fully saturated rings. The molecule has 1 aromatic rings. The Morgan fingerprint density at radius 3 is 2.80 bits per heavy atom. The van der Waals surface area contributed by atoms with Crippen molar-refractivity contribution in [1.82, 2.24) is 4.90 Å². The molecule has 5 nitrogen and oxygen atoms in total. The van der Waals surface area contributed by atoms with Gasteiger partial charge in [0.2, 0.25) is 0 Å². The SMILES string of the molecule is CS(=O)(=O)O[C@H]1CCN(Cc2ccc(Cl)cc2F)C1=O. The number of hydrogen-bond donors (Lipinski definition) is 0. The molecule has 0 aliphatic carbocycles. The predicted molar refractivity (Wildman–Crippen MR) is 71.2 cm³/mol. The van der Waals surface area contributed by atoms with Crippen LogP contribution in [0.5, 0.6) is 0 Å². The molecule has 0 bridgehead atoms. The third-order valence-electron chi connectivity index (χ3n) is 2.92. The highest BCUT2D eigenvalue weighted by Crippen LogP contribution is 2.21. The van der Waals surface area contributed by atoms with Gasteiger partial charge in [-0.2, -0.15) is 8.42 Å². The maximum absolute atomic E-state index is 13.6. The summed E-state index contributed by atoms with van der Waals surface area (Å²) in [5.41, 5.74) is 0.322. The van der Waals surface area contributed by atoms with Gasteiger partial charge >= 0.3 is 0 Å². The van der Waals surface area contributed by atoms with Gasteiger partial charge in [0.15, 0.2) is 6.10 Å². The molecule has 20 heavy (non-hydrogen) atoms. The lowest BCUT2D eigenvalue weighted by Gasteiger charge is -2.17. The van der Waals surface area contributed by atoms with E-state index in [1.165, 1.54) is 23.1 Å². The van der Waals surface area contributed by atoms with Gasteiger partial charge in [-0.3, -0.25) is 8.98 Å². The van der Waals surface area contributed by atoms with Crippen LogP contribution in [0.1, 0.15) is 12.0 Å². The van der Waals surface area contributed by atoms with Gasteiger partial charge in [0.05, 0.1) is 6.26 Å². The highest BCUT2D eigenvalue weighted by atomic mass is 35.5. The van der Waals surface area contributed by atoms with Crippen molar-refractivity contribution in [2.75, 3.05) is 12.8 Å². The van der Waals surface area contributed by atoms with Crippen LogP contribution in [-0.4, -0.2) is 38.1 Å². The van der Waals surface area contributed by atoms with E-state index in [9.17, 15) is 17.6 Å². The van der Waals surface area contributed by atoms with Crippen LogP contribution in [0.4, 0.5) is 4.39 Å². The highest BCUT2D eigenvalue weighted by Gasteiger charge is 2.35. The Labute approximate surface area is 121 Å². The second kappa shape index (κ2) is 5.67. The summed E-state index contributed by atoms with van der Waals surface area (Å²) in [6.07, 6.45) is 0.142. The maximum atomic E-state index is 13.6. The summed E-state index contributed by atoms with van der Waals surface area (Å²) in [5, 5.41) is 0.275. The van der Waals surface area contributed by atoms with Gasteiger partial charge in [-0.05, 0) is 12.1 Å². The molecule has 8 heteroatoms. The minimum Gasteiger partial charge on any atom is -0.336 e. The lowest BCUT2D eigenvalue weighted by Crippen LogP contribution is -2.31. The molecule has 1 amide bonds. The zero-order valence-electron chi connectivity index (χ0n) is 10.7. The van der Waals surface area contributed by atoms with Crippen molar-refractivity contribution in [2.24, 2.45) is 0 Å². The number of benzene rings is 1. The minimum absolute atomic E-state index is 0.0610. The summed E-state index contributed by atoms with van der Waals surface area (Å²) in [6.45, 7) is 0.381. The van der Waals surface area contributed by atoms with Gasteiger partial charge in [-0.15, -0.1) is 0 Å². The van der Waals surface area contributed by atoms with E-state index in [2.05, 4.69) is 0 Å². The largest absolute Gasteiger partial charge is 0.336 e. The number of halogens is 2. The molecule has 2 rings (SSSR count). The second-order valence-corrected chi connectivity index (χ2v) is 6.61. The molecule has 0 radical (unpaired) electrons. The predicted octanol–water partition coefficient (Wildman–Crippen LogP) is 1.56. The van der Waals surface area contributed by atoms with Crippen molar-refractivity contribution >= 4 is 27.6 Å². The third kappa shape index (κ3) is 3.68. The minimum atomic E-state index is -3.69. The van der Waals surface area contributed by atoms with E-state index >= 15 is 0 Å². The molecule has 1 saturated heterocycles. The first kappa shape index (κ1) is 15.2. The van der Waals surface area contributed by atoms with Crippen LogP contribution in [0.3, 0.4) is 0 Å². The van der Waals surface area contributed by atoms with Crippen LogP contribution in [0.2, 0.25) is 5.02 Å². The fourth-order valence-corrected chi connectivity index (χ4v) is 2.78. The summed E-state index contributed by atoms with van der Waals surface area (Å²) in [5.74, 6) is -0.956. The third-order valence-corrected chi connectivity index (χ3v) is 3.73. The van der Waals surface area contributed by atoms with E-state index < -0.39 is 27.9 Å². The zero-order valence-corrected chi connectivity index (χ0v) is 12.2. The molecule has 0 aromatic heterocycles. The number of likely N-dealkylation sites (tertiary alicyclic amines) is 1. The van der Waals surface area contributed by atoms with Crippen molar-refractivity contribution in [3.05, 3.63) is 34.6 Å². The second-order valence-electron chi connectivity index (χ2n) is 4.57. The van der Waals surface area contributed by atoms with Gasteiger partial charge in [0.25, 0.3) is 16.0 Å². The van der Waals surface area contributed by atoms with Crippen molar-refractivity contribution in [3.63, 3.8) is 0 Å². The van der Waals surface area contributed by atoms with Gasteiger partial charge in [0, 0.05) is 30.1 Å². The Balaban J connectivity index is 2.07. The van der Waals surface area contributed by atoms with Crippen molar-refractivity contribution in [2.45, 2.75) is 19.1 Å². The quantitative estimate of drug-likeness (QED) is 0.789. The van der Waals surface area contributed by atoms with E-state index in [1.54, 1.807) is 0 Å². The molecule has 1 aliphatic rings. The monoisotopic (exact) mass is 321 g/mol. The Morgan fingerprint density at radius 1 is 1.50 bits per heavy atom. The zero-order chi connectivity index (χ0) is 14.9. The number of amides is 1. The van der Waals surface area contributed by atoms with Crippen molar-refractivity contribution in [1.29, 1.82) is 0 Å². The number of rotatable bonds is 4. The lowest BCUT2D eigenvalue weighted by molar-refractivity contribution is -0.133. The maximum Gasteiger partial charge on any atom is 0.265 e. The molecule has 0 saturated carbocycles. The summed E-state index contributed by atoms with van der Waals surface area (Å²) < 4.78 is 40.4. The summed E-state index contributed by atoms with van der Waals surface area (Å²) in [7, 11) is -3.69. The molecule has 1 heterocycles. The average Bonchev–Trinajstić information content (AvgIpc) is 2.63. The van der Waals surface area contributed by atoms with Crippen LogP contribution in [-0.2, 0) is 25.6 Å². The molecule has 110 valence electrons. The number of hydrogen-bond acceptors (Lipinski definition) is 4. The summed E-state index contributed by atoms with van der Waals surface area (Å²) >= 11 is 5.65. The Bertz CT molecular complexity index is 634. The average molecular weight is 322 g/mol. The molecular formula is C12H13ClFNO4S. The topological polar surface area (TPSA) is 63.7 Å². The molecule has 1 aliphatic heterocycles. The normalized spacial score (nSPS) is 19.6. The number of carbonyl (C=O) groups is 1. The first-order valence-corrected chi connectivity index (χ1v) is 8.07. The first-order chi connectivity index (χ1) is 9.26. The molecule has 0 N–H and O–H groups in total. The fraction of sp³-hybridized carbons (Fsp3) is 0.417. The van der Waals surface area contributed by atoms with Crippen molar-refractivity contribution < 1.29 is 21.8 Å². The summed E-state index contributed by atoms with van der Waals surface area (Å²) in [4.78, 5) is 13.3. The molecule has 1 aromatic carbocycles. The van der Waals surface area contributed by atoms with Gasteiger partial charge in [-0.1, -0.05) is 17.7 Å². The highest BCUT2D eigenvalue weighted by molar-refractivity contribution is 7.86. The van der Waals surface area contributed by atoms with E-state index in [0.717, 1.165) is 6.26 Å². The van der Waals surface area contributed by atoms with Gasteiger partial charge in [0.1, 0.15) is 5.82 Å². The van der Waals surface area contributed by atoms with Crippen LogP contribution >= 0.6 is 11.6 Å². The number of carbonyl (C=O) groups excluding carboxylic acids is 1. The Kier molecular flexibility index (Phi) is 4.31. The molecule has 0 spiro atoms. The van der Waals surface area contributed by atoms with Crippen LogP contribution in [0.15, 0.2) is 18.2 Å². The van der Waals surface area contributed by atoms with E-state index in [4.69, 9.17) is 15.8 Å². The Morgan fingerprint density at radius 2 is 2.20 bits per heavy atom. The Hall–Kier alpha value is -1.18. The van der Waals surface area contributed by atoms with Crippen LogP contribution < -0.4 is 0 Å². The fourth-order valence-electron chi connectivity index (χ4n) is 2.02. The smallest absolute Gasteiger partial charge is 0.265 e. The van der Waals surface area contributed by atoms with E-state index in [1.807, 2.05) is 0 Å². The van der Waals surface area contributed by atoms with Gasteiger partial charge in [-0.25, -0.2) is 4.39 Å². The number of nitrogens with zero attached hydrogens (tertiary/aromatic N) is 1. The molecule has 1 atom stereocenters.